The van der Waals surface area contributed by atoms with Crippen molar-refractivity contribution in [3.05, 3.63) is 17.0 Å². The second kappa shape index (κ2) is 5.77. The maximum Gasteiger partial charge on any atom is 0.227 e. The first-order valence-electron chi connectivity index (χ1n) is 7.41. The van der Waals surface area contributed by atoms with Gasteiger partial charge in [0.05, 0.1) is 17.1 Å². The molecule has 1 saturated heterocycles. The van der Waals surface area contributed by atoms with E-state index in [-0.39, 0.29) is 6.10 Å². The summed E-state index contributed by atoms with van der Waals surface area (Å²) < 4.78 is 7.99. The van der Waals surface area contributed by atoms with Gasteiger partial charge in [-0.15, -0.1) is 21.5 Å². The minimum atomic E-state index is 0.277. The first-order chi connectivity index (χ1) is 10.0. The number of thiophene rings is 1. The molecule has 3 rings (SSSR count). The Hall–Kier alpha value is -1.40. The summed E-state index contributed by atoms with van der Waals surface area (Å²) in [5.74, 6) is 1.88. The van der Waals surface area contributed by atoms with Crippen molar-refractivity contribution in [2.75, 3.05) is 18.0 Å². The van der Waals surface area contributed by atoms with Gasteiger partial charge in [-0.2, -0.15) is 0 Å². The number of aromatic nitrogens is 3. The molecule has 0 aliphatic carbocycles. The van der Waals surface area contributed by atoms with E-state index in [1.807, 2.05) is 7.05 Å². The zero-order chi connectivity index (χ0) is 15.0. The summed E-state index contributed by atoms with van der Waals surface area (Å²) in [6.45, 7) is 8.16. The molecular formula is C15H22N4OS. The maximum absolute atomic E-state index is 5.90. The molecule has 1 aliphatic heterocycles. The quantitative estimate of drug-likeness (QED) is 0.871. The molecule has 5 nitrogen and oxygen atoms in total. The monoisotopic (exact) mass is 306 g/mol. The fourth-order valence-electron chi connectivity index (χ4n) is 2.77. The highest BCUT2D eigenvalue weighted by Crippen LogP contribution is 2.29. The highest BCUT2D eigenvalue weighted by Gasteiger charge is 2.27. The first kappa shape index (κ1) is 14.5. The highest BCUT2D eigenvalue weighted by molar-refractivity contribution is 7.15. The van der Waals surface area contributed by atoms with E-state index in [1.54, 1.807) is 11.3 Å². The summed E-state index contributed by atoms with van der Waals surface area (Å²) in [7, 11) is 2.04. The average Bonchev–Trinajstić information content (AvgIpc) is 3.09. The van der Waals surface area contributed by atoms with Crippen LogP contribution in [-0.4, -0.2) is 40.1 Å². The minimum Gasteiger partial charge on any atom is -0.374 e. The van der Waals surface area contributed by atoms with E-state index >= 15 is 0 Å². The van der Waals surface area contributed by atoms with Crippen LogP contribution in [0.4, 0.5) is 5.95 Å². The van der Waals surface area contributed by atoms with Gasteiger partial charge in [-0.3, -0.25) is 4.57 Å². The van der Waals surface area contributed by atoms with Gasteiger partial charge in [0.25, 0.3) is 0 Å². The summed E-state index contributed by atoms with van der Waals surface area (Å²) >= 11 is 1.75. The van der Waals surface area contributed by atoms with Crippen LogP contribution in [0, 0.1) is 6.92 Å². The number of nitrogens with zero attached hydrogens (tertiary/aromatic N) is 4. The Bertz CT molecular complexity index is 619. The molecule has 0 unspecified atom stereocenters. The molecule has 1 aliphatic rings. The van der Waals surface area contributed by atoms with Crippen LogP contribution in [-0.2, 0) is 11.8 Å². The van der Waals surface area contributed by atoms with Gasteiger partial charge in [-0.1, -0.05) is 0 Å². The minimum absolute atomic E-state index is 0.277. The van der Waals surface area contributed by atoms with Crippen molar-refractivity contribution < 1.29 is 4.74 Å². The average molecular weight is 306 g/mol. The molecular weight excluding hydrogens is 284 g/mol. The van der Waals surface area contributed by atoms with Crippen LogP contribution < -0.4 is 4.90 Å². The fourth-order valence-corrected chi connectivity index (χ4v) is 3.66. The number of anilines is 1. The van der Waals surface area contributed by atoms with Crippen LogP contribution in [0.1, 0.15) is 25.1 Å². The van der Waals surface area contributed by atoms with E-state index < -0.39 is 0 Å². The SMILES string of the molecule is Cc1ccc(-c2nnc(N3CC[C@@H](OC(C)C)C3)n2C)s1. The van der Waals surface area contributed by atoms with E-state index in [1.165, 1.54) is 9.75 Å². The van der Waals surface area contributed by atoms with Gasteiger partial charge in [0.1, 0.15) is 0 Å². The Balaban J connectivity index is 1.77. The van der Waals surface area contributed by atoms with Gasteiger partial charge in [0.2, 0.25) is 5.95 Å². The molecule has 2 aromatic heterocycles. The smallest absolute Gasteiger partial charge is 0.227 e. The van der Waals surface area contributed by atoms with Crippen molar-refractivity contribution >= 4 is 17.3 Å². The third kappa shape index (κ3) is 2.96. The van der Waals surface area contributed by atoms with Crippen molar-refractivity contribution in [1.82, 2.24) is 14.8 Å². The van der Waals surface area contributed by atoms with Gasteiger partial charge < -0.3 is 9.64 Å². The molecule has 114 valence electrons. The molecule has 1 fully saturated rings. The zero-order valence-corrected chi connectivity index (χ0v) is 13.9. The molecule has 6 heteroatoms. The Morgan fingerprint density at radius 1 is 1.33 bits per heavy atom. The third-order valence-corrected chi connectivity index (χ3v) is 4.70. The summed E-state index contributed by atoms with van der Waals surface area (Å²) in [4.78, 5) is 4.73. The van der Waals surface area contributed by atoms with Crippen LogP contribution in [0.25, 0.3) is 10.7 Å². The normalized spacial score (nSPS) is 18.9. The lowest BCUT2D eigenvalue weighted by Gasteiger charge is -2.18. The van der Waals surface area contributed by atoms with Crippen molar-refractivity contribution in [1.29, 1.82) is 0 Å². The van der Waals surface area contributed by atoms with E-state index in [4.69, 9.17) is 4.74 Å². The van der Waals surface area contributed by atoms with E-state index in [0.717, 1.165) is 31.3 Å². The highest BCUT2D eigenvalue weighted by atomic mass is 32.1. The van der Waals surface area contributed by atoms with Gasteiger partial charge in [-0.05, 0) is 39.3 Å². The predicted molar refractivity (Wildman–Crippen MR) is 85.9 cm³/mol. The lowest BCUT2D eigenvalue weighted by molar-refractivity contribution is 0.0210. The Kier molecular flexibility index (Phi) is 3.99. The first-order valence-corrected chi connectivity index (χ1v) is 8.23. The molecule has 0 spiro atoms. The number of hydrogen-bond donors (Lipinski definition) is 0. The Morgan fingerprint density at radius 3 is 2.81 bits per heavy atom. The topological polar surface area (TPSA) is 43.2 Å². The predicted octanol–water partition coefficient (Wildman–Crippen LogP) is 2.86. The molecule has 3 heterocycles. The Morgan fingerprint density at radius 2 is 2.14 bits per heavy atom. The molecule has 2 aromatic rings. The molecule has 0 aromatic carbocycles. The summed E-state index contributed by atoms with van der Waals surface area (Å²) in [5, 5.41) is 8.76. The van der Waals surface area contributed by atoms with Crippen LogP contribution in [0.15, 0.2) is 12.1 Å². The molecule has 0 saturated carbocycles. The van der Waals surface area contributed by atoms with Crippen molar-refractivity contribution in [3.63, 3.8) is 0 Å². The lowest BCUT2D eigenvalue weighted by atomic mass is 10.3. The molecule has 1 atom stereocenters. The molecule has 0 amide bonds. The largest absolute Gasteiger partial charge is 0.374 e. The summed E-state index contributed by atoms with van der Waals surface area (Å²) in [6, 6.07) is 4.24. The number of rotatable bonds is 4. The molecule has 0 radical (unpaired) electrons. The van der Waals surface area contributed by atoms with E-state index in [0.29, 0.717) is 6.10 Å². The second-order valence-electron chi connectivity index (χ2n) is 5.83. The number of aryl methyl sites for hydroxylation is 1. The van der Waals surface area contributed by atoms with Crippen molar-refractivity contribution in [2.24, 2.45) is 7.05 Å². The van der Waals surface area contributed by atoms with Gasteiger partial charge in [0.15, 0.2) is 5.82 Å². The van der Waals surface area contributed by atoms with Crippen molar-refractivity contribution in [2.45, 2.75) is 39.4 Å². The molecule has 0 bridgehead atoms. The van der Waals surface area contributed by atoms with Gasteiger partial charge in [0, 0.05) is 25.0 Å². The third-order valence-electron chi connectivity index (χ3n) is 3.71. The summed E-state index contributed by atoms with van der Waals surface area (Å²) in [6.07, 6.45) is 1.63. The maximum atomic E-state index is 5.90. The van der Waals surface area contributed by atoms with Crippen LogP contribution in [0.3, 0.4) is 0 Å². The van der Waals surface area contributed by atoms with Crippen LogP contribution >= 0.6 is 11.3 Å². The molecule has 0 N–H and O–H groups in total. The van der Waals surface area contributed by atoms with E-state index in [9.17, 15) is 0 Å². The zero-order valence-electron chi connectivity index (χ0n) is 13.0. The fraction of sp³-hybridized carbons (Fsp3) is 0.600. The Labute approximate surface area is 129 Å². The lowest BCUT2D eigenvalue weighted by Crippen LogP contribution is -2.26. The standard InChI is InChI=1S/C15H22N4OS/c1-10(2)20-12-7-8-19(9-12)15-17-16-14(18(15)4)13-6-5-11(3)21-13/h5-6,10,12H,7-9H2,1-4H3/t12-/m1/s1. The summed E-state index contributed by atoms with van der Waals surface area (Å²) in [5.41, 5.74) is 0. The van der Waals surface area contributed by atoms with Crippen LogP contribution in [0.2, 0.25) is 0 Å². The van der Waals surface area contributed by atoms with Crippen molar-refractivity contribution in [3.8, 4) is 10.7 Å². The van der Waals surface area contributed by atoms with Crippen LogP contribution in [0.5, 0.6) is 0 Å². The number of hydrogen-bond acceptors (Lipinski definition) is 5. The van der Waals surface area contributed by atoms with Gasteiger partial charge >= 0.3 is 0 Å². The molecule has 21 heavy (non-hydrogen) atoms. The van der Waals surface area contributed by atoms with E-state index in [2.05, 4.69) is 52.6 Å². The van der Waals surface area contributed by atoms with Gasteiger partial charge in [-0.25, -0.2) is 0 Å². The number of ether oxygens (including phenoxy) is 1. The second-order valence-corrected chi connectivity index (χ2v) is 7.12.